The number of carbonyl (C=O) groups excluding carboxylic acids is 1. The van der Waals surface area contributed by atoms with Gasteiger partial charge in [0.05, 0.1) is 6.61 Å². The zero-order valence-corrected chi connectivity index (χ0v) is 15.2. The molecule has 0 saturated heterocycles. The van der Waals surface area contributed by atoms with Crippen LogP contribution in [-0.2, 0) is 14.0 Å². The highest BCUT2D eigenvalue weighted by molar-refractivity contribution is 6.74. The average Bonchev–Trinajstić information content (AvgIpc) is 2.25. The summed E-state index contributed by atoms with van der Waals surface area (Å²) in [5, 5.41) is 0.0656. The van der Waals surface area contributed by atoms with Crippen molar-refractivity contribution in [2.24, 2.45) is 0 Å². The summed E-state index contributed by atoms with van der Waals surface area (Å²) in [6.45, 7) is 16.9. The Morgan fingerprint density at radius 1 is 1.30 bits per heavy atom. The Hall–Kier alpha value is -1.23. The Bertz CT molecular complexity index is 392. The predicted octanol–water partition coefficient (Wildman–Crippen LogP) is 3.53. The fourth-order valence-electron chi connectivity index (χ4n) is 1.14. The van der Waals surface area contributed by atoms with E-state index in [4.69, 9.17) is 9.16 Å². The smallest absolute Gasteiger partial charge is 0.266 e. The molecule has 0 aromatic carbocycles. The molecule has 0 aliphatic carbocycles. The number of amides is 1. The van der Waals surface area contributed by atoms with Crippen LogP contribution in [0.4, 0.5) is 0 Å². The van der Waals surface area contributed by atoms with Crippen molar-refractivity contribution in [1.82, 2.24) is 4.90 Å². The molecule has 0 aromatic rings. The Labute approximate surface area is 124 Å². The van der Waals surface area contributed by atoms with Crippen molar-refractivity contribution >= 4 is 14.2 Å². The summed E-state index contributed by atoms with van der Waals surface area (Å²) in [6, 6.07) is 0. The number of carbonyl (C=O) groups is 1. The van der Waals surface area contributed by atoms with Crippen molar-refractivity contribution in [2.75, 3.05) is 20.7 Å². The van der Waals surface area contributed by atoms with Gasteiger partial charge in [-0.2, -0.15) is 0 Å². The van der Waals surface area contributed by atoms with Gasteiger partial charge in [0.1, 0.15) is 0 Å². The van der Waals surface area contributed by atoms with Crippen molar-refractivity contribution in [3.05, 3.63) is 24.2 Å². The van der Waals surface area contributed by atoms with Crippen LogP contribution in [0.3, 0.4) is 0 Å². The lowest BCUT2D eigenvalue weighted by Gasteiger charge is -2.36. The summed E-state index contributed by atoms with van der Waals surface area (Å²) in [6.07, 6.45) is 1.59. The Balaban J connectivity index is 5.17. The van der Waals surface area contributed by atoms with E-state index in [1.165, 1.54) is 4.90 Å². The van der Waals surface area contributed by atoms with Crippen LogP contribution in [-0.4, -0.2) is 39.8 Å². The molecule has 4 nitrogen and oxygen atoms in total. The summed E-state index contributed by atoms with van der Waals surface area (Å²) in [7, 11) is 1.39. The molecule has 5 heteroatoms. The maximum absolute atomic E-state index is 11.8. The Kier molecular flexibility index (Phi) is 6.54. The maximum Gasteiger partial charge on any atom is 0.266 e. The van der Waals surface area contributed by atoms with Crippen molar-refractivity contribution in [3.8, 4) is 0 Å². The molecule has 1 amide bonds. The van der Waals surface area contributed by atoms with E-state index >= 15 is 0 Å². The minimum atomic E-state index is -1.99. The van der Waals surface area contributed by atoms with Crippen LogP contribution in [0.15, 0.2) is 24.2 Å². The van der Waals surface area contributed by atoms with Gasteiger partial charge in [0.2, 0.25) is 0 Å². The van der Waals surface area contributed by atoms with Crippen LogP contribution in [0.1, 0.15) is 27.7 Å². The van der Waals surface area contributed by atoms with Gasteiger partial charge >= 0.3 is 0 Å². The van der Waals surface area contributed by atoms with Gasteiger partial charge in [-0.05, 0) is 25.1 Å². The van der Waals surface area contributed by atoms with Gasteiger partial charge < -0.3 is 14.1 Å². The van der Waals surface area contributed by atoms with Crippen molar-refractivity contribution in [1.29, 1.82) is 0 Å². The lowest BCUT2D eigenvalue weighted by Crippen LogP contribution is -2.40. The zero-order valence-electron chi connectivity index (χ0n) is 14.2. The standard InChI is InChI=1S/C15H29NO3Si/c1-10-18-13(11-12(2)14(17)16(6)7)19-20(8,9)15(3,4)5/h11H,2,10H2,1,3-9H3/b13-11-. The zero-order chi connectivity index (χ0) is 16.1. The van der Waals surface area contributed by atoms with Crippen LogP contribution in [0, 0.1) is 0 Å². The summed E-state index contributed by atoms with van der Waals surface area (Å²) < 4.78 is 11.6. The Morgan fingerprint density at radius 2 is 1.80 bits per heavy atom. The summed E-state index contributed by atoms with van der Waals surface area (Å²) in [4.78, 5) is 13.3. The van der Waals surface area contributed by atoms with Gasteiger partial charge in [0.25, 0.3) is 20.2 Å². The molecule has 0 atom stereocenters. The molecular weight excluding hydrogens is 270 g/mol. The fourth-order valence-corrected chi connectivity index (χ4v) is 2.07. The van der Waals surface area contributed by atoms with Gasteiger partial charge in [0, 0.05) is 25.7 Å². The van der Waals surface area contributed by atoms with Crippen LogP contribution in [0.5, 0.6) is 0 Å². The second-order valence-electron chi connectivity index (χ2n) is 6.48. The molecule has 116 valence electrons. The van der Waals surface area contributed by atoms with E-state index in [1.54, 1.807) is 20.2 Å². The third-order valence-corrected chi connectivity index (χ3v) is 7.75. The van der Waals surface area contributed by atoms with Crippen LogP contribution in [0.25, 0.3) is 0 Å². The molecule has 0 heterocycles. The van der Waals surface area contributed by atoms with Crippen LogP contribution in [0.2, 0.25) is 18.1 Å². The van der Waals surface area contributed by atoms with E-state index in [1.807, 2.05) is 6.92 Å². The topological polar surface area (TPSA) is 38.8 Å². The minimum Gasteiger partial charge on any atom is -0.519 e. The first-order valence-electron chi connectivity index (χ1n) is 6.86. The number of hydrogen-bond acceptors (Lipinski definition) is 3. The quantitative estimate of drug-likeness (QED) is 0.326. The second kappa shape index (κ2) is 6.97. The third-order valence-electron chi connectivity index (χ3n) is 3.42. The normalized spacial score (nSPS) is 12.9. The molecule has 0 bridgehead atoms. The molecule has 0 spiro atoms. The van der Waals surface area contributed by atoms with Crippen molar-refractivity contribution < 1.29 is 14.0 Å². The van der Waals surface area contributed by atoms with E-state index in [0.717, 1.165) is 0 Å². The maximum atomic E-state index is 11.8. The molecule has 20 heavy (non-hydrogen) atoms. The first-order valence-corrected chi connectivity index (χ1v) is 9.77. The van der Waals surface area contributed by atoms with E-state index in [0.29, 0.717) is 18.1 Å². The first kappa shape index (κ1) is 18.8. The highest BCUT2D eigenvalue weighted by atomic mass is 28.4. The fraction of sp³-hybridized carbons (Fsp3) is 0.667. The third kappa shape index (κ3) is 5.41. The predicted molar refractivity (Wildman–Crippen MR) is 85.8 cm³/mol. The minimum absolute atomic E-state index is 0.0656. The molecule has 0 unspecified atom stereocenters. The molecule has 0 radical (unpaired) electrons. The lowest BCUT2D eigenvalue weighted by atomic mass is 10.2. The van der Waals surface area contributed by atoms with Gasteiger partial charge in [-0.15, -0.1) is 0 Å². The van der Waals surface area contributed by atoms with E-state index in [-0.39, 0.29) is 10.9 Å². The molecule has 0 aromatic heterocycles. The molecular formula is C15H29NO3Si. The van der Waals surface area contributed by atoms with E-state index < -0.39 is 8.32 Å². The highest BCUT2D eigenvalue weighted by Gasteiger charge is 2.40. The largest absolute Gasteiger partial charge is 0.519 e. The summed E-state index contributed by atoms with van der Waals surface area (Å²) in [5.74, 6) is 0.236. The van der Waals surface area contributed by atoms with Crippen LogP contribution >= 0.6 is 0 Å². The molecule has 0 aliphatic rings. The summed E-state index contributed by atoms with van der Waals surface area (Å²) in [5.41, 5.74) is 0.358. The van der Waals surface area contributed by atoms with Gasteiger partial charge in [-0.3, -0.25) is 4.79 Å². The monoisotopic (exact) mass is 299 g/mol. The lowest BCUT2D eigenvalue weighted by molar-refractivity contribution is -0.124. The molecule has 0 fully saturated rings. The average molecular weight is 299 g/mol. The molecule has 0 rings (SSSR count). The SMILES string of the molecule is C=C(/C=C(/OCC)O[Si](C)(C)C(C)(C)C)C(=O)N(C)C. The van der Waals surface area contributed by atoms with E-state index in [9.17, 15) is 4.79 Å². The summed E-state index contributed by atoms with van der Waals surface area (Å²) >= 11 is 0. The first-order chi connectivity index (χ1) is 8.92. The number of nitrogens with zero attached hydrogens (tertiary/aromatic N) is 1. The highest BCUT2D eigenvalue weighted by Crippen LogP contribution is 2.38. The number of ether oxygens (including phenoxy) is 1. The van der Waals surface area contributed by atoms with Crippen LogP contribution < -0.4 is 0 Å². The molecule has 0 saturated carbocycles. The number of likely N-dealkylation sites (N-methyl/N-ethyl adjacent to an activating group) is 1. The molecule has 0 N–H and O–H groups in total. The van der Waals surface area contributed by atoms with E-state index in [2.05, 4.69) is 40.4 Å². The molecule has 0 aliphatic heterocycles. The van der Waals surface area contributed by atoms with Crippen molar-refractivity contribution in [2.45, 2.75) is 45.8 Å². The van der Waals surface area contributed by atoms with Gasteiger partial charge in [0.15, 0.2) is 0 Å². The Morgan fingerprint density at radius 3 is 2.15 bits per heavy atom. The second-order valence-corrected chi connectivity index (χ2v) is 11.2. The van der Waals surface area contributed by atoms with Gasteiger partial charge in [-0.1, -0.05) is 27.4 Å². The van der Waals surface area contributed by atoms with Gasteiger partial charge in [-0.25, -0.2) is 0 Å². The number of rotatable bonds is 6. The number of hydrogen-bond donors (Lipinski definition) is 0. The van der Waals surface area contributed by atoms with Crippen molar-refractivity contribution in [3.63, 3.8) is 0 Å².